The van der Waals surface area contributed by atoms with Crippen LogP contribution in [-0.2, 0) is 6.42 Å². The molecule has 0 N–H and O–H groups in total. The highest BCUT2D eigenvalue weighted by Crippen LogP contribution is 2.32. The molecule has 0 fully saturated rings. The second kappa shape index (κ2) is 4.82. The number of nitro groups is 1. The molecular formula is C8H3F4N3O3. The largest absolute Gasteiger partial charge is 0.573 e. The van der Waals surface area contributed by atoms with Crippen LogP contribution in [0, 0.1) is 27.4 Å². The zero-order valence-electron chi connectivity index (χ0n) is 8.36. The van der Waals surface area contributed by atoms with Gasteiger partial charge in [0.2, 0.25) is 0 Å². The summed E-state index contributed by atoms with van der Waals surface area (Å²) in [5, 5.41) is 18.9. The zero-order valence-corrected chi connectivity index (χ0v) is 8.36. The van der Waals surface area contributed by atoms with Crippen LogP contribution in [0.2, 0.25) is 0 Å². The second-order valence-electron chi connectivity index (χ2n) is 2.89. The Bertz CT molecular complexity index is 524. The van der Waals surface area contributed by atoms with E-state index in [0.29, 0.717) is 0 Å². The van der Waals surface area contributed by atoms with Crippen LogP contribution in [0.4, 0.5) is 23.4 Å². The van der Waals surface area contributed by atoms with Gasteiger partial charge in [0, 0.05) is 0 Å². The average Bonchev–Trinajstić information content (AvgIpc) is 2.19. The number of halogens is 4. The molecule has 96 valence electrons. The van der Waals surface area contributed by atoms with Gasteiger partial charge in [-0.05, 0) is 9.91 Å². The molecule has 1 aromatic heterocycles. The summed E-state index contributed by atoms with van der Waals surface area (Å²) < 4.78 is 52.3. The van der Waals surface area contributed by atoms with Crippen LogP contribution >= 0.6 is 0 Å². The van der Waals surface area contributed by atoms with Crippen LogP contribution in [-0.4, -0.2) is 16.3 Å². The van der Waals surface area contributed by atoms with E-state index in [1.165, 1.54) is 6.07 Å². The lowest BCUT2D eigenvalue weighted by molar-refractivity contribution is -0.390. The van der Waals surface area contributed by atoms with Gasteiger partial charge >= 0.3 is 18.1 Å². The Morgan fingerprint density at radius 2 is 2.17 bits per heavy atom. The fourth-order valence-corrected chi connectivity index (χ4v) is 1.12. The number of hydrogen-bond acceptors (Lipinski definition) is 5. The first-order chi connectivity index (χ1) is 8.24. The molecule has 10 heteroatoms. The lowest BCUT2D eigenvalue weighted by Crippen LogP contribution is -2.19. The Labute approximate surface area is 96.6 Å². The van der Waals surface area contributed by atoms with E-state index in [4.69, 9.17) is 5.26 Å². The SMILES string of the molecule is N#CCc1c(OC(F)(F)F)cc(F)nc1[N+](=O)[O-]. The summed E-state index contributed by atoms with van der Waals surface area (Å²) in [4.78, 5) is 12.1. The molecule has 6 nitrogen and oxygen atoms in total. The Hall–Kier alpha value is -2.44. The van der Waals surface area contributed by atoms with Crippen LogP contribution < -0.4 is 4.74 Å². The number of nitrogens with zero attached hydrogens (tertiary/aromatic N) is 3. The van der Waals surface area contributed by atoms with Crippen molar-refractivity contribution in [2.45, 2.75) is 12.8 Å². The molecule has 1 aromatic rings. The molecule has 0 amide bonds. The number of hydrogen-bond donors (Lipinski definition) is 0. The molecule has 0 saturated heterocycles. The minimum atomic E-state index is -5.16. The normalized spacial score (nSPS) is 10.8. The highest BCUT2D eigenvalue weighted by molar-refractivity contribution is 5.45. The number of nitriles is 1. The van der Waals surface area contributed by atoms with Crippen molar-refractivity contribution in [3.05, 3.63) is 27.7 Å². The van der Waals surface area contributed by atoms with Gasteiger partial charge in [-0.2, -0.15) is 9.65 Å². The molecule has 0 aromatic carbocycles. The first-order valence-electron chi connectivity index (χ1n) is 4.21. The molecule has 0 bridgehead atoms. The maximum atomic E-state index is 12.8. The van der Waals surface area contributed by atoms with Gasteiger partial charge in [0.15, 0.2) is 0 Å². The number of pyridine rings is 1. The highest BCUT2D eigenvalue weighted by Gasteiger charge is 2.35. The predicted octanol–water partition coefficient (Wildman–Crippen LogP) is 2.09. The number of rotatable bonds is 3. The van der Waals surface area contributed by atoms with Crippen LogP contribution in [0.5, 0.6) is 5.75 Å². The van der Waals surface area contributed by atoms with Gasteiger partial charge in [0.25, 0.3) is 0 Å². The van der Waals surface area contributed by atoms with Crippen molar-refractivity contribution >= 4 is 5.82 Å². The van der Waals surface area contributed by atoms with Crippen molar-refractivity contribution in [2.75, 3.05) is 0 Å². The molecule has 18 heavy (non-hydrogen) atoms. The Balaban J connectivity index is 3.39. The minimum absolute atomic E-state index is 0.229. The van der Waals surface area contributed by atoms with E-state index in [2.05, 4.69) is 9.72 Å². The van der Waals surface area contributed by atoms with Gasteiger partial charge in [0.05, 0.1) is 18.6 Å². The van der Waals surface area contributed by atoms with Crippen molar-refractivity contribution in [1.29, 1.82) is 5.26 Å². The molecule has 0 aliphatic rings. The molecule has 0 aliphatic heterocycles. The third kappa shape index (κ3) is 3.27. The maximum absolute atomic E-state index is 12.8. The van der Waals surface area contributed by atoms with Crippen molar-refractivity contribution in [3.63, 3.8) is 0 Å². The third-order valence-electron chi connectivity index (χ3n) is 1.68. The quantitative estimate of drug-likeness (QED) is 0.361. The molecule has 1 heterocycles. The average molecular weight is 265 g/mol. The van der Waals surface area contributed by atoms with Gasteiger partial charge in [0.1, 0.15) is 11.3 Å². The van der Waals surface area contributed by atoms with Crippen molar-refractivity contribution < 1.29 is 27.2 Å². The highest BCUT2D eigenvalue weighted by atomic mass is 19.4. The minimum Gasteiger partial charge on any atom is -0.405 e. The topological polar surface area (TPSA) is 89.0 Å². The number of aromatic nitrogens is 1. The van der Waals surface area contributed by atoms with Gasteiger partial charge < -0.3 is 14.9 Å². The monoisotopic (exact) mass is 265 g/mol. The smallest absolute Gasteiger partial charge is 0.405 e. The number of ether oxygens (including phenoxy) is 1. The van der Waals surface area contributed by atoms with E-state index in [0.717, 1.165) is 0 Å². The van der Waals surface area contributed by atoms with Gasteiger partial charge in [-0.3, -0.25) is 0 Å². The van der Waals surface area contributed by atoms with Gasteiger partial charge in [-0.25, -0.2) is 0 Å². The first-order valence-corrected chi connectivity index (χ1v) is 4.21. The molecule has 0 spiro atoms. The van der Waals surface area contributed by atoms with Crippen LogP contribution in [0.3, 0.4) is 0 Å². The fraction of sp³-hybridized carbons (Fsp3) is 0.250. The zero-order chi connectivity index (χ0) is 13.9. The number of alkyl halides is 3. The summed E-state index contributed by atoms with van der Waals surface area (Å²) in [6.07, 6.45) is -5.93. The lowest BCUT2D eigenvalue weighted by atomic mass is 10.2. The van der Waals surface area contributed by atoms with Crippen molar-refractivity contribution in [2.24, 2.45) is 0 Å². The maximum Gasteiger partial charge on any atom is 0.573 e. The van der Waals surface area contributed by atoms with Gasteiger partial charge in [-0.1, -0.05) is 0 Å². The summed E-state index contributed by atoms with van der Waals surface area (Å²) >= 11 is 0. The summed E-state index contributed by atoms with van der Waals surface area (Å²) in [5.74, 6) is -3.85. The fourth-order valence-electron chi connectivity index (χ4n) is 1.12. The Morgan fingerprint density at radius 1 is 1.56 bits per heavy atom. The predicted molar refractivity (Wildman–Crippen MR) is 46.8 cm³/mol. The standard InChI is InChI=1S/C8H3F4N3O3/c9-6-3-5(18-8(10,11)12)4(1-2-13)7(14-6)15(16)17/h3H,1H2. The molecular weight excluding hydrogens is 262 g/mol. The molecule has 1 rings (SSSR count). The molecule has 0 aliphatic carbocycles. The summed E-state index contributed by atoms with van der Waals surface area (Å²) in [6, 6.07) is 1.64. The van der Waals surface area contributed by atoms with E-state index in [-0.39, 0.29) is 6.07 Å². The van der Waals surface area contributed by atoms with Crippen LogP contribution in [0.25, 0.3) is 0 Å². The molecule has 0 radical (unpaired) electrons. The third-order valence-corrected chi connectivity index (χ3v) is 1.68. The first kappa shape index (κ1) is 13.6. The Morgan fingerprint density at radius 3 is 2.61 bits per heavy atom. The van der Waals surface area contributed by atoms with E-state index >= 15 is 0 Å². The molecule has 0 unspecified atom stereocenters. The lowest BCUT2D eigenvalue weighted by Gasteiger charge is -2.11. The van der Waals surface area contributed by atoms with Crippen molar-refractivity contribution in [1.82, 2.24) is 4.98 Å². The van der Waals surface area contributed by atoms with Crippen molar-refractivity contribution in [3.8, 4) is 11.8 Å². The molecule has 0 atom stereocenters. The van der Waals surface area contributed by atoms with Crippen LogP contribution in [0.15, 0.2) is 6.07 Å². The summed E-state index contributed by atoms with van der Waals surface area (Å²) in [7, 11) is 0. The van der Waals surface area contributed by atoms with E-state index in [1.54, 1.807) is 0 Å². The molecule has 0 saturated carbocycles. The van der Waals surface area contributed by atoms with Gasteiger partial charge in [-0.15, -0.1) is 13.2 Å². The van der Waals surface area contributed by atoms with E-state index in [1.807, 2.05) is 0 Å². The summed E-state index contributed by atoms with van der Waals surface area (Å²) in [6.45, 7) is 0. The second-order valence-corrected chi connectivity index (χ2v) is 2.89. The van der Waals surface area contributed by atoms with E-state index < -0.39 is 40.8 Å². The Kier molecular flexibility index (Phi) is 3.65. The summed E-state index contributed by atoms with van der Waals surface area (Å²) in [5.41, 5.74) is -0.735. The van der Waals surface area contributed by atoms with Crippen LogP contribution in [0.1, 0.15) is 5.56 Å². The van der Waals surface area contributed by atoms with E-state index in [9.17, 15) is 27.7 Å².